The maximum atomic E-state index is 11.5. The minimum absolute atomic E-state index is 0.0843. The number of esters is 1. The average Bonchev–Trinajstić information content (AvgIpc) is 2.56. The molecule has 2 aromatic rings. The largest absolute Gasteiger partial charge is 0.465 e. The number of anilines is 3. The van der Waals surface area contributed by atoms with E-state index in [-0.39, 0.29) is 11.9 Å². The highest BCUT2D eigenvalue weighted by molar-refractivity contribution is 5.91. The molecule has 0 atom stereocenters. The van der Waals surface area contributed by atoms with E-state index in [4.69, 9.17) is 0 Å². The van der Waals surface area contributed by atoms with Gasteiger partial charge < -0.3 is 15.4 Å². The standard InChI is InChI=1S/C16H17N3O3/c1-3-15(20)19-14-8-7-13(10-17-14)18-12-6-4-5-11(9-12)16(21)22-2/h4-10,18H,3H2,1-2H3,(H,17,19,20). The number of rotatable bonds is 5. The molecule has 1 amide bonds. The van der Waals surface area contributed by atoms with Crippen LogP contribution in [0.15, 0.2) is 42.6 Å². The van der Waals surface area contributed by atoms with Crippen LogP contribution in [0.1, 0.15) is 23.7 Å². The monoisotopic (exact) mass is 299 g/mol. The van der Waals surface area contributed by atoms with Gasteiger partial charge in [0.1, 0.15) is 5.82 Å². The second-order valence-electron chi connectivity index (χ2n) is 4.53. The summed E-state index contributed by atoms with van der Waals surface area (Å²) in [7, 11) is 1.34. The number of carbonyl (C=O) groups is 2. The topological polar surface area (TPSA) is 80.3 Å². The molecule has 1 aromatic heterocycles. The quantitative estimate of drug-likeness (QED) is 0.830. The molecule has 2 N–H and O–H groups in total. The van der Waals surface area contributed by atoms with Crippen molar-refractivity contribution < 1.29 is 14.3 Å². The summed E-state index contributed by atoms with van der Waals surface area (Å²) in [5, 5.41) is 5.81. The Morgan fingerprint density at radius 1 is 1.18 bits per heavy atom. The molecule has 1 aromatic carbocycles. The second-order valence-corrected chi connectivity index (χ2v) is 4.53. The zero-order valence-electron chi connectivity index (χ0n) is 12.4. The van der Waals surface area contributed by atoms with Crippen molar-refractivity contribution >= 4 is 29.1 Å². The fourth-order valence-electron chi connectivity index (χ4n) is 1.78. The van der Waals surface area contributed by atoms with Crippen molar-refractivity contribution in [2.75, 3.05) is 17.7 Å². The molecule has 0 bridgehead atoms. The van der Waals surface area contributed by atoms with Crippen LogP contribution in [0.5, 0.6) is 0 Å². The Bertz CT molecular complexity index is 669. The van der Waals surface area contributed by atoms with Crippen LogP contribution in [-0.4, -0.2) is 24.0 Å². The van der Waals surface area contributed by atoms with E-state index in [0.717, 1.165) is 11.4 Å². The van der Waals surface area contributed by atoms with Gasteiger partial charge in [0.2, 0.25) is 5.91 Å². The van der Waals surface area contributed by atoms with E-state index in [1.165, 1.54) is 7.11 Å². The number of amides is 1. The molecule has 22 heavy (non-hydrogen) atoms. The predicted molar refractivity (Wildman–Crippen MR) is 84.2 cm³/mol. The van der Waals surface area contributed by atoms with Gasteiger partial charge in [-0.1, -0.05) is 13.0 Å². The molecule has 0 spiro atoms. The number of carbonyl (C=O) groups excluding carboxylic acids is 2. The maximum Gasteiger partial charge on any atom is 0.337 e. The number of pyridine rings is 1. The van der Waals surface area contributed by atoms with Gasteiger partial charge in [-0.2, -0.15) is 0 Å². The van der Waals surface area contributed by atoms with Crippen molar-refractivity contribution in [3.8, 4) is 0 Å². The molecule has 2 rings (SSSR count). The van der Waals surface area contributed by atoms with Gasteiger partial charge in [0, 0.05) is 12.1 Å². The van der Waals surface area contributed by atoms with Crippen LogP contribution in [0.4, 0.5) is 17.2 Å². The number of hydrogen-bond donors (Lipinski definition) is 2. The van der Waals surface area contributed by atoms with Crippen LogP contribution in [-0.2, 0) is 9.53 Å². The lowest BCUT2D eigenvalue weighted by Crippen LogP contribution is -2.10. The zero-order chi connectivity index (χ0) is 15.9. The van der Waals surface area contributed by atoms with Crippen LogP contribution in [0.2, 0.25) is 0 Å². The first-order valence-corrected chi connectivity index (χ1v) is 6.83. The molecule has 0 saturated heterocycles. The minimum Gasteiger partial charge on any atom is -0.465 e. The first-order valence-electron chi connectivity index (χ1n) is 6.83. The third-order valence-electron chi connectivity index (χ3n) is 2.92. The lowest BCUT2D eigenvalue weighted by atomic mass is 10.2. The number of methoxy groups -OCH3 is 1. The number of benzene rings is 1. The predicted octanol–water partition coefficient (Wildman–Crippen LogP) is 2.96. The molecule has 0 fully saturated rings. The van der Waals surface area contributed by atoms with Crippen LogP contribution in [0.3, 0.4) is 0 Å². The van der Waals surface area contributed by atoms with Crippen molar-refractivity contribution in [3.05, 3.63) is 48.2 Å². The molecule has 0 aliphatic heterocycles. The molecular formula is C16H17N3O3. The highest BCUT2D eigenvalue weighted by Crippen LogP contribution is 2.18. The Labute approximate surface area is 128 Å². The first-order chi connectivity index (χ1) is 10.6. The van der Waals surface area contributed by atoms with Crippen molar-refractivity contribution in [3.63, 3.8) is 0 Å². The number of nitrogens with one attached hydrogen (secondary N) is 2. The van der Waals surface area contributed by atoms with Gasteiger partial charge in [-0.15, -0.1) is 0 Å². The van der Waals surface area contributed by atoms with Crippen molar-refractivity contribution in [2.24, 2.45) is 0 Å². The van der Waals surface area contributed by atoms with E-state index in [9.17, 15) is 9.59 Å². The Morgan fingerprint density at radius 2 is 2.00 bits per heavy atom. The van der Waals surface area contributed by atoms with Gasteiger partial charge in [0.05, 0.1) is 24.6 Å². The summed E-state index contributed by atoms with van der Waals surface area (Å²) in [4.78, 5) is 26.9. The van der Waals surface area contributed by atoms with Gasteiger partial charge >= 0.3 is 5.97 Å². The van der Waals surface area contributed by atoms with E-state index in [2.05, 4.69) is 20.4 Å². The molecule has 6 heteroatoms. The molecular weight excluding hydrogens is 282 g/mol. The van der Waals surface area contributed by atoms with Crippen LogP contribution in [0, 0.1) is 0 Å². The smallest absolute Gasteiger partial charge is 0.337 e. The summed E-state index contributed by atoms with van der Waals surface area (Å²) in [5.41, 5.74) is 1.96. The van der Waals surface area contributed by atoms with Gasteiger partial charge in [-0.25, -0.2) is 9.78 Å². The van der Waals surface area contributed by atoms with Crippen LogP contribution in [0.25, 0.3) is 0 Å². The summed E-state index contributed by atoms with van der Waals surface area (Å²) in [6, 6.07) is 10.5. The molecule has 0 unspecified atom stereocenters. The van der Waals surface area contributed by atoms with Crippen LogP contribution >= 0.6 is 0 Å². The van der Waals surface area contributed by atoms with E-state index >= 15 is 0 Å². The van der Waals surface area contributed by atoms with Gasteiger partial charge in [-0.3, -0.25) is 4.79 Å². The molecule has 0 aliphatic rings. The van der Waals surface area contributed by atoms with E-state index in [1.54, 1.807) is 43.5 Å². The summed E-state index contributed by atoms with van der Waals surface area (Å²) in [6.07, 6.45) is 2.01. The number of ether oxygens (including phenoxy) is 1. The highest BCUT2D eigenvalue weighted by atomic mass is 16.5. The highest BCUT2D eigenvalue weighted by Gasteiger charge is 2.06. The Morgan fingerprint density at radius 3 is 2.64 bits per heavy atom. The maximum absolute atomic E-state index is 11.5. The minimum atomic E-state index is -0.389. The molecule has 0 radical (unpaired) electrons. The van der Waals surface area contributed by atoms with E-state index < -0.39 is 0 Å². The van der Waals surface area contributed by atoms with Gasteiger partial charge in [0.25, 0.3) is 0 Å². The normalized spacial score (nSPS) is 9.91. The van der Waals surface area contributed by atoms with Crippen molar-refractivity contribution in [2.45, 2.75) is 13.3 Å². The number of aromatic nitrogens is 1. The fraction of sp³-hybridized carbons (Fsp3) is 0.188. The second kappa shape index (κ2) is 7.21. The number of nitrogens with zero attached hydrogens (tertiary/aromatic N) is 1. The van der Waals surface area contributed by atoms with Crippen molar-refractivity contribution in [1.82, 2.24) is 4.98 Å². The Balaban J connectivity index is 2.07. The molecule has 114 valence electrons. The zero-order valence-corrected chi connectivity index (χ0v) is 12.4. The summed E-state index contributed by atoms with van der Waals surface area (Å²) in [6.45, 7) is 1.78. The molecule has 0 saturated carbocycles. The molecule has 1 heterocycles. The number of hydrogen-bond acceptors (Lipinski definition) is 5. The van der Waals surface area contributed by atoms with E-state index in [0.29, 0.717) is 17.8 Å². The Hall–Kier alpha value is -2.89. The van der Waals surface area contributed by atoms with Gasteiger partial charge in [0.15, 0.2) is 0 Å². The lowest BCUT2D eigenvalue weighted by molar-refractivity contribution is -0.115. The average molecular weight is 299 g/mol. The SMILES string of the molecule is CCC(=O)Nc1ccc(Nc2cccc(C(=O)OC)c2)cn1. The third-order valence-corrected chi connectivity index (χ3v) is 2.92. The summed E-state index contributed by atoms with van der Waals surface area (Å²) >= 11 is 0. The van der Waals surface area contributed by atoms with Gasteiger partial charge in [-0.05, 0) is 30.3 Å². The summed E-state index contributed by atoms with van der Waals surface area (Å²) in [5.74, 6) is 0.0269. The van der Waals surface area contributed by atoms with Crippen molar-refractivity contribution in [1.29, 1.82) is 0 Å². The third kappa shape index (κ3) is 4.05. The fourth-order valence-corrected chi connectivity index (χ4v) is 1.78. The first kappa shape index (κ1) is 15.5. The van der Waals surface area contributed by atoms with Crippen LogP contribution < -0.4 is 10.6 Å². The lowest BCUT2D eigenvalue weighted by Gasteiger charge is -2.08. The molecule has 6 nitrogen and oxygen atoms in total. The Kier molecular flexibility index (Phi) is 5.08. The van der Waals surface area contributed by atoms with E-state index in [1.807, 2.05) is 6.07 Å². The summed E-state index contributed by atoms with van der Waals surface area (Å²) < 4.78 is 4.69. The molecule has 0 aliphatic carbocycles.